The van der Waals surface area contributed by atoms with Gasteiger partial charge in [-0.25, -0.2) is 0 Å². The molecule has 0 unspecified atom stereocenters. The van der Waals surface area contributed by atoms with Crippen LogP contribution in [0.4, 0.5) is 28.6 Å². The molecular formula is C49H37BN2O2. The quantitative estimate of drug-likeness (QED) is 0.162. The van der Waals surface area contributed by atoms with Gasteiger partial charge >= 0.3 is 6.85 Å². The molecule has 0 aliphatic carbocycles. The van der Waals surface area contributed by atoms with Crippen LogP contribution in [0.5, 0.6) is 0 Å². The molecule has 11 rings (SSSR count). The van der Waals surface area contributed by atoms with E-state index in [2.05, 4.69) is 175 Å². The Balaban J connectivity index is 1.28. The van der Waals surface area contributed by atoms with Gasteiger partial charge in [0.25, 0.3) is 0 Å². The zero-order chi connectivity index (χ0) is 35.9. The van der Waals surface area contributed by atoms with E-state index in [1.807, 2.05) is 0 Å². The largest absolute Gasteiger partial charge is 0.454 e. The Morgan fingerprint density at radius 3 is 2.09 bits per heavy atom. The van der Waals surface area contributed by atoms with Crippen molar-refractivity contribution in [3.05, 3.63) is 163 Å². The van der Waals surface area contributed by atoms with E-state index in [4.69, 9.17) is 8.83 Å². The van der Waals surface area contributed by atoms with Crippen molar-refractivity contribution in [2.75, 3.05) is 9.71 Å². The van der Waals surface area contributed by atoms with Gasteiger partial charge in [-0.15, -0.1) is 0 Å². The van der Waals surface area contributed by atoms with Crippen molar-refractivity contribution in [2.45, 2.75) is 33.1 Å². The van der Waals surface area contributed by atoms with E-state index in [0.717, 1.165) is 91.8 Å². The number of fused-ring (bicyclic) bond motifs is 10. The third-order valence-corrected chi connectivity index (χ3v) is 11.5. The smallest absolute Gasteiger partial charge is 0.337 e. The number of para-hydroxylation sites is 3. The van der Waals surface area contributed by atoms with Crippen LogP contribution in [0.2, 0.25) is 0 Å². The molecule has 4 heterocycles. The van der Waals surface area contributed by atoms with Crippen molar-refractivity contribution in [2.24, 2.45) is 0 Å². The molecule has 0 spiro atoms. The number of furan rings is 2. The number of benzene rings is 7. The van der Waals surface area contributed by atoms with E-state index in [-0.39, 0.29) is 6.85 Å². The highest BCUT2D eigenvalue weighted by atomic mass is 16.4. The number of aryl methyl sites for hydroxylation is 2. The van der Waals surface area contributed by atoms with Crippen LogP contribution in [0.15, 0.2) is 160 Å². The topological polar surface area (TPSA) is 32.8 Å². The first kappa shape index (κ1) is 31.1. The summed E-state index contributed by atoms with van der Waals surface area (Å²) in [5.74, 6) is 0.852. The molecule has 0 saturated heterocycles. The predicted octanol–water partition coefficient (Wildman–Crippen LogP) is 12.4. The summed E-state index contributed by atoms with van der Waals surface area (Å²) in [7, 11) is 0. The molecule has 258 valence electrons. The van der Waals surface area contributed by atoms with Crippen LogP contribution in [0.1, 0.15) is 30.9 Å². The van der Waals surface area contributed by atoms with Crippen LogP contribution in [-0.4, -0.2) is 6.85 Å². The molecule has 7 aromatic carbocycles. The van der Waals surface area contributed by atoms with Crippen molar-refractivity contribution in [3.63, 3.8) is 0 Å². The fourth-order valence-electron chi connectivity index (χ4n) is 9.10. The zero-order valence-corrected chi connectivity index (χ0v) is 30.3. The lowest BCUT2D eigenvalue weighted by molar-refractivity contribution is 0.622. The highest BCUT2D eigenvalue weighted by Crippen LogP contribution is 2.52. The number of anilines is 5. The Labute approximate surface area is 315 Å². The van der Waals surface area contributed by atoms with E-state index < -0.39 is 0 Å². The predicted molar refractivity (Wildman–Crippen MR) is 226 cm³/mol. The highest BCUT2D eigenvalue weighted by Gasteiger charge is 2.49. The summed E-state index contributed by atoms with van der Waals surface area (Å²) >= 11 is 0. The molecule has 0 amide bonds. The lowest BCUT2D eigenvalue weighted by atomic mass is 9.43. The number of hydrogen-bond donors (Lipinski definition) is 0. The monoisotopic (exact) mass is 696 g/mol. The van der Waals surface area contributed by atoms with Gasteiger partial charge in [0.15, 0.2) is 5.58 Å². The maximum absolute atomic E-state index is 7.12. The van der Waals surface area contributed by atoms with Crippen LogP contribution in [0.3, 0.4) is 0 Å². The van der Waals surface area contributed by atoms with Crippen molar-refractivity contribution in [3.8, 4) is 22.3 Å². The number of hydrogen-bond acceptors (Lipinski definition) is 4. The first-order valence-electron chi connectivity index (χ1n) is 19.1. The Kier molecular flexibility index (Phi) is 6.94. The van der Waals surface area contributed by atoms with E-state index in [1.165, 1.54) is 33.3 Å². The van der Waals surface area contributed by atoms with Crippen LogP contribution >= 0.6 is 0 Å². The summed E-state index contributed by atoms with van der Waals surface area (Å²) in [5, 5.41) is 3.35. The lowest BCUT2D eigenvalue weighted by Gasteiger charge is -2.44. The molecule has 54 heavy (non-hydrogen) atoms. The molecule has 5 heteroatoms. The number of rotatable bonds is 6. The van der Waals surface area contributed by atoms with Gasteiger partial charge in [-0.3, -0.25) is 4.90 Å². The van der Waals surface area contributed by atoms with Gasteiger partial charge in [0.1, 0.15) is 11.2 Å². The Hall–Kier alpha value is -6.46. The number of nitrogens with zero attached hydrogens (tertiary/aromatic N) is 2. The van der Waals surface area contributed by atoms with Crippen molar-refractivity contribution in [1.82, 2.24) is 0 Å². The molecule has 0 atom stereocenters. The third-order valence-electron chi connectivity index (χ3n) is 11.5. The van der Waals surface area contributed by atoms with Crippen molar-refractivity contribution in [1.29, 1.82) is 0 Å². The maximum atomic E-state index is 7.12. The minimum atomic E-state index is -0.191. The van der Waals surface area contributed by atoms with E-state index >= 15 is 0 Å². The van der Waals surface area contributed by atoms with Crippen molar-refractivity contribution >= 4 is 79.3 Å². The molecule has 0 N–H and O–H groups in total. The van der Waals surface area contributed by atoms with E-state index in [0.29, 0.717) is 0 Å². The third kappa shape index (κ3) is 4.51. The zero-order valence-electron chi connectivity index (χ0n) is 30.3. The van der Waals surface area contributed by atoms with Crippen LogP contribution < -0.4 is 20.6 Å². The van der Waals surface area contributed by atoms with Gasteiger partial charge in [-0.1, -0.05) is 116 Å². The Morgan fingerprint density at radius 1 is 0.574 bits per heavy atom. The standard InChI is InChI=1S/C49H37BN2O2/c1-3-4-15-32-24-27-41(39(30-32)33-16-7-5-8-17-33)51-42-29-31(2)28-40-36-25-26-37-35-20-11-13-22-43(35)53-48(37)47(36)52(34-18-9-6-10-19-34)50(45(40)42)46-38-21-12-14-23-44(38)54-49(46)51/h5-14,16-30H,3-4,15H2,1-2H3. The summed E-state index contributed by atoms with van der Waals surface area (Å²) in [6.07, 6.45) is 3.37. The SMILES string of the molecule is CCCCc1ccc(N2c3cc(C)cc4c3B(c3c2oc2ccccc32)N(c2ccccc2)c2c-4ccc3c2oc2ccccc23)c(-c2ccccc2)c1. The summed E-state index contributed by atoms with van der Waals surface area (Å²) < 4.78 is 14.0. The second-order valence-corrected chi connectivity index (χ2v) is 14.8. The Bertz CT molecular complexity index is 2910. The van der Waals surface area contributed by atoms with E-state index in [9.17, 15) is 0 Å². The fourth-order valence-corrected chi connectivity index (χ4v) is 9.10. The minimum Gasteiger partial charge on any atom is -0.454 e. The molecule has 0 bridgehead atoms. The van der Waals surface area contributed by atoms with Gasteiger partial charge in [0.05, 0.1) is 11.4 Å². The maximum Gasteiger partial charge on any atom is 0.337 e. The summed E-state index contributed by atoms with van der Waals surface area (Å²) in [4.78, 5) is 4.93. The summed E-state index contributed by atoms with van der Waals surface area (Å²) in [5.41, 5.74) is 16.8. The molecule has 2 aromatic heterocycles. The summed E-state index contributed by atoms with van der Waals surface area (Å²) in [6, 6.07) is 54.9. The molecular weight excluding hydrogens is 659 g/mol. The van der Waals surface area contributed by atoms with Crippen LogP contribution in [0.25, 0.3) is 55.2 Å². The first-order chi connectivity index (χ1) is 26.7. The molecule has 2 aliphatic rings. The molecule has 0 radical (unpaired) electrons. The molecule has 0 fully saturated rings. The van der Waals surface area contributed by atoms with Gasteiger partial charge in [0.2, 0.25) is 5.88 Å². The van der Waals surface area contributed by atoms with Crippen molar-refractivity contribution < 1.29 is 8.83 Å². The average Bonchev–Trinajstić information content (AvgIpc) is 3.80. The molecule has 0 saturated carbocycles. The Morgan fingerprint density at radius 2 is 1.30 bits per heavy atom. The van der Waals surface area contributed by atoms with E-state index in [1.54, 1.807) is 0 Å². The average molecular weight is 697 g/mol. The van der Waals surface area contributed by atoms with Gasteiger partial charge in [-0.2, -0.15) is 0 Å². The highest BCUT2D eigenvalue weighted by molar-refractivity contribution is 6.95. The molecule has 4 nitrogen and oxygen atoms in total. The fraction of sp³-hybridized carbons (Fsp3) is 0.102. The normalized spacial score (nSPS) is 13.1. The van der Waals surface area contributed by atoms with Gasteiger partial charge < -0.3 is 13.6 Å². The molecule has 9 aromatic rings. The molecule has 2 aliphatic heterocycles. The number of unbranched alkanes of at least 4 members (excludes halogenated alkanes) is 1. The second-order valence-electron chi connectivity index (χ2n) is 14.8. The first-order valence-corrected chi connectivity index (χ1v) is 19.1. The van der Waals surface area contributed by atoms with Gasteiger partial charge in [-0.05, 0) is 96.0 Å². The van der Waals surface area contributed by atoms with Gasteiger partial charge in [0, 0.05) is 44.1 Å². The minimum absolute atomic E-state index is 0.191. The van der Waals surface area contributed by atoms with Crippen LogP contribution in [0, 0.1) is 6.92 Å². The lowest BCUT2D eigenvalue weighted by Crippen LogP contribution is -2.61. The summed E-state index contributed by atoms with van der Waals surface area (Å²) in [6.45, 7) is 4.28. The van der Waals surface area contributed by atoms with Crippen LogP contribution in [-0.2, 0) is 6.42 Å². The second kappa shape index (κ2) is 12.0.